The maximum atomic E-state index is 15.5. The van der Waals surface area contributed by atoms with Crippen molar-refractivity contribution in [1.82, 2.24) is 0 Å². The minimum absolute atomic E-state index is 0.0613. The smallest absolute Gasteiger partial charge is 0.195 e. The van der Waals surface area contributed by atoms with Crippen LogP contribution in [0.2, 0.25) is 19.6 Å². The zero-order chi connectivity index (χ0) is 29.3. The van der Waals surface area contributed by atoms with Gasteiger partial charge in [-0.3, -0.25) is 0 Å². The summed E-state index contributed by atoms with van der Waals surface area (Å²) in [5, 5.41) is 12.7. The number of aromatic hydroxyl groups is 1. The number of hydrogen-bond acceptors (Lipinski definition) is 2. The summed E-state index contributed by atoms with van der Waals surface area (Å²) in [4.78, 5) is 0. The second-order valence-corrected chi connectivity index (χ2v) is 16.1. The Hall–Kier alpha value is -4.29. The van der Waals surface area contributed by atoms with Crippen LogP contribution in [0.1, 0.15) is 6.92 Å². The van der Waals surface area contributed by atoms with Crippen LogP contribution in [0.25, 0.3) is 44.5 Å². The topological polar surface area (TPSA) is 29.5 Å². The van der Waals surface area contributed by atoms with Crippen LogP contribution in [0.3, 0.4) is 0 Å². The van der Waals surface area contributed by atoms with Crippen LogP contribution >= 0.6 is 0 Å². The maximum Gasteiger partial charge on any atom is 0.195 e. The average molecular weight is 569 g/mol. The van der Waals surface area contributed by atoms with Crippen LogP contribution in [-0.4, -0.2) is 19.8 Å². The Morgan fingerprint density at radius 1 is 0.634 bits per heavy atom. The van der Waals surface area contributed by atoms with Crippen molar-refractivity contribution in [2.24, 2.45) is 0 Å². The van der Waals surface area contributed by atoms with Gasteiger partial charge in [-0.1, -0.05) is 97.6 Å². The molecule has 0 bridgehead atoms. The molecule has 0 radical (unpaired) electrons. The first kappa shape index (κ1) is 28.2. The zero-order valence-corrected chi connectivity index (χ0v) is 24.4. The fraction of sp³-hybridized carbons (Fsp3) is 0.143. The van der Waals surface area contributed by atoms with E-state index in [9.17, 15) is 13.9 Å². The second-order valence-electron chi connectivity index (χ2n) is 11.0. The quantitative estimate of drug-likeness (QED) is 0.157. The Kier molecular flexibility index (Phi) is 7.78. The van der Waals surface area contributed by atoms with Gasteiger partial charge in [0.15, 0.2) is 17.5 Å². The highest BCUT2D eigenvalue weighted by atomic mass is 28.3. The van der Waals surface area contributed by atoms with Gasteiger partial charge in [0, 0.05) is 17.2 Å². The van der Waals surface area contributed by atoms with E-state index in [0.29, 0.717) is 11.1 Å². The first-order chi connectivity index (χ1) is 19.6. The van der Waals surface area contributed by atoms with Crippen molar-refractivity contribution >= 4 is 13.3 Å². The Balaban J connectivity index is 1.84. The summed E-state index contributed by atoms with van der Waals surface area (Å²) in [6.07, 6.45) is 0. The SMILES string of the molecule is CCOc1cc(F)c(F)c(F)c1-c1cc([Si](C)(C)C)cc(-c2cc(-c3ccccc3)cc(-c3ccccc3)c2)c1O. The molecule has 0 aromatic heterocycles. The minimum atomic E-state index is -2.06. The van der Waals surface area contributed by atoms with E-state index in [0.717, 1.165) is 33.5 Å². The van der Waals surface area contributed by atoms with Crippen molar-refractivity contribution in [3.8, 4) is 56.0 Å². The van der Waals surface area contributed by atoms with E-state index in [4.69, 9.17) is 4.74 Å². The Labute approximate surface area is 239 Å². The van der Waals surface area contributed by atoms with Crippen molar-refractivity contribution in [3.63, 3.8) is 0 Å². The van der Waals surface area contributed by atoms with E-state index in [-0.39, 0.29) is 29.2 Å². The predicted molar refractivity (Wildman–Crippen MR) is 164 cm³/mol. The third-order valence-electron chi connectivity index (χ3n) is 7.13. The maximum absolute atomic E-state index is 15.5. The number of phenolic OH excluding ortho intramolecular Hbond substituents is 1. The standard InChI is InChI=1S/C35H31F3O2Si/c1-5-40-31-21-30(36)33(37)34(38)32(31)29-20-27(41(2,3)4)19-28(35(29)39)26-17-24(22-12-8-6-9-13-22)16-25(18-26)23-14-10-7-11-15-23/h6-21,39H,5H2,1-4H3. The molecule has 0 amide bonds. The first-order valence-corrected chi connectivity index (χ1v) is 17.0. The molecule has 0 aliphatic carbocycles. The molecular weight excluding hydrogens is 537 g/mol. The second kappa shape index (κ2) is 11.3. The van der Waals surface area contributed by atoms with Gasteiger partial charge in [0.05, 0.1) is 20.2 Å². The lowest BCUT2D eigenvalue weighted by molar-refractivity contribution is 0.333. The lowest BCUT2D eigenvalue weighted by Crippen LogP contribution is -2.37. The molecule has 5 aromatic carbocycles. The molecule has 1 N–H and O–H groups in total. The summed E-state index contributed by atoms with van der Waals surface area (Å²) in [6.45, 7) is 8.18. The Bertz CT molecular complexity index is 1650. The summed E-state index contributed by atoms with van der Waals surface area (Å²) >= 11 is 0. The van der Waals surface area contributed by atoms with E-state index in [1.165, 1.54) is 0 Å². The molecule has 0 heterocycles. The van der Waals surface area contributed by atoms with Crippen molar-refractivity contribution in [2.75, 3.05) is 6.61 Å². The zero-order valence-electron chi connectivity index (χ0n) is 23.4. The molecule has 6 heteroatoms. The number of halogens is 3. The largest absolute Gasteiger partial charge is 0.507 e. The highest BCUT2D eigenvalue weighted by molar-refractivity contribution is 6.88. The Morgan fingerprint density at radius 3 is 1.66 bits per heavy atom. The number of hydrogen-bond donors (Lipinski definition) is 1. The average Bonchev–Trinajstić information content (AvgIpc) is 2.97. The molecule has 5 aromatic rings. The van der Waals surface area contributed by atoms with Crippen LogP contribution in [0.15, 0.2) is 97.1 Å². The van der Waals surface area contributed by atoms with Crippen molar-refractivity contribution < 1.29 is 23.0 Å². The number of phenols is 1. The highest BCUT2D eigenvalue weighted by Crippen LogP contribution is 2.45. The van der Waals surface area contributed by atoms with Crippen molar-refractivity contribution in [2.45, 2.75) is 26.6 Å². The molecule has 0 saturated carbocycles. The van der Waals surface area contributed by atoms with Gasteiger partial charge >= 0.3 is 0 Å². The van der Waals surface area contributed by atoms with Crippen LogP contribution in [0.5, 0.6) is 11.5 Å². The van der Waals surface area contributed by atoms with Gasteiger partial charge in [0.2, 0.25) is 0 Å². The molecule has 0 aliphatic rings. The summed E-state index contributed by atoms with van der Waals surface area (Å²) in [5.74, 6) is -4.76. The monoisotopic (exact) mass is 568 g/mol. The van der Waals surface area contributed by atoms with Crippen LogP contribution in [0, 0.1) is 17.5 Å². The number of benzene rings is 5. The lowest BCUT2D eigenvalue weighted by Gasteiger charge is -2.23. The molecule has 2 nitrogen and oxygen atoms in total. The normalized spacial score (nSPS) is 11.5. The fourth-order valence-electron chi connectivity index (χ4n) is 4.95. The Morgan fingerprint density at radius 2 is 1.15 bits per heavy atom. The summed E-state index contributed by atoms with van der Waals surface area (Å²) < 4.78 is 49.8. The fourth-order valence-corrected chi connectivity index (χ4v) is 6.10. The molecule has 5 rings (SSSR count). The third kappa shape index (κ3) is 5.65. The first-order valence-electron chi connectivity index (χ1n) is 13.5. The molecule has 0 atom stereocenters. The van der Waals surface area contributed by atoms with Gasteiger partial charge in [0.25, 0.3) is 0 Å². The predicted octanol–water partition coefficient (Wildman–Crippen LogP) is 9.42. The van der Waals surface area contributed by atoms with Gasteiger partial charge in [-0.25, -0.2) is 13.2 Å². The molecule has 0 fully saturated rings. The van der Waals surface area contributed by atoms with Crippen LogP contribution in [0.4, 0.5) is 13.2 Å². The highest BCUT2D eigenvalue weighted by Gasteiger charge is 2.28. The minimum Gasteiger partial charge on any atom is -0.507 e. The van der Waals surface area contributed by atoms with Crippen LogP contribution < -0.4 is 9.92 Å². The third-order valence-corrected chi connectivity index (χ3v) is 9.15. The molecule has 0 aliphatic heterocycles. The molecule has 0 spiro atoms. The van der Waals surface area contributed by atoms with E-state index >= 15 is 4.39 Å². The molecular formula is C35H31F3O2Si. The molecule has 0 saturated heterocycles. The molecule has 41 heavy (non-hydrogen) atoms. The summed E-state index contributed by atoms with van der Waals surface area (Å²) in [6, 6.07) is 30.3. The van der Waals surface area contributed by atoms with Gasteiger partial charge < -0.3 is 9.84 Å². The number of ether oxygens (including phenoxy) is 1. The number of rotatable bonds is 7. The molecule has 208 valence electrons. The lowest BCUT2D eigenvalue weighted by atomic mass is 9.91. The van der Waals surface area contributed by atoms with Crippen LogP contribution in [-0.2, 0) is 0 Å². The molecule has 0 unspecified atom stereocenters. The summed E-state index contributed by atoms with van der Waals surface area (Å²) in [7, 11) is -2.06. The van der Waals surface area contributed by atoms with E-state index in [1.807, 2.05) is 78.9 Å². The van der Waals surface area contributed by atoms with Crippen molar-refractivity contribution in [1.29, 1.82) is 0 Å². The van der Waals surface area contributed by atoms with E-state index in [2.05, 4.69) is 25.7 Å². The van der Waals surface area contributed by atoms with Gasteiger partial charge in [-0.05, 0) is 52.9 Å². The summed E-state index contributed by atoms with van der Waals surface area (Å²) in [5.41, 5.74) is 4.83. The van der Waals surface area contributed by atoms with Gasteiger partial charge in [0.1, 0.15) is 11.5 Å². The van der Waals surface area contributed by atoms with E-state index < -0.39 is 25.5 Å². The van der Waals surface area contributed by atoms with Gasteiger partial charge in [-0.15, -0.1) is 0 Å². The van der Waals surface area contributed by atoms with Gasteiger partial charge in [-0.2, -0.15) is 0 Å². The van der Waals surface area contributed by atoms with Crippen molar-refractivity contribution in [3.05, 3.63) is 115 Å². The van der Waals surface area contributed by atoms with E-state index in [1.54, 1.807) is 13.0 Å².